The molecule has 1 aromatic rings. The molecule has 0 radical (unpaired) electrons. The Labute approximate surface area is 173 Å². The molecule has 26 heavy (non-hydrogen) atoms. The lowest BCUT2D eigenvalue weighted by Crippen LogP contribution is -2.44. The van der Waals surface area contributed by atoms with Crippen LogP contribution in [0.15, 0.2) is 23.3 Å². The second kappa shape index (κ2) is 11.6. The first-order valence-electron chi connectivity index (χ1n) is 8.91. The molecule has 1 unspecified atom stereocenters. The molecule has 1 fully saturated rings. The predicted molar refractivity (Wildman–Crippen MR) is 116 cm³/mol. The van der Waals surface area contributed by atoms with E-state index in [9.17, 15) is 5.11 Å². The number of aliphatic imine (C=N–C) groups is 1. The molecule has 2 rings (SSSR count). The van der Waals surface area contributed by atoms with Gasteiger partial charge in [0, 0.05) is 52.0 Å². The van der Waals surface area contributed by atoms with E-state index in [0.29, 0.717) is 13.2 Å². The average molecular weight is 477 g/mol. The van der Waals surface area contributed by atoms with E-state index in [1.165, 1.54) is 0 Å². The third kappa shape index (κ3) is 6.88. The van der Waals surface area contributed by atoms with Crippen LogP contribution >= 0.6 is 24.0 Å². The van der Waals surface area contributed by atoms with Gasteiger partial charge in [-0.05, 0) is 37.5 Å². The zero-order chi connectivity index (χ0) is 18.1. The van der Waals surface area contributed by atoms with E-state index in [0.717, 1.165) is 49.9 Å². The highest BCUT2D eigenvalue weighted by atomic mass is 127. The van der Waals surface area contributed by atoms with Crippen molar-refractivity contribution < 1.29 is 9.84 Å². The smallest absolute Gasteiger partial charge is 0.191 e. The quantitative estimate of drug-likeness (QED) is 0.300. The van der Waals surface area contributed by atoms with Gasteiger partial charge < -0.3 is 25.4 Å². The molecule has 0 amide bonds. The second-order valence-electron chi connectivity index (χ2n) is 6.74. The van der Waals surface area contributed by atoms with E-state index in [2.05, 4.69) is 27.5 Å². The first-order chi connectivity index (χ1) is 12.1. The maximum atomic E-state index is 9.34. The zero-order valence-corrected chi connectivity index (χ0v) is 18.3. The molecule has 0 aromatic carbocycles. The van der Waals surface area contributed by atoms with Crippen molar-refractivity contribution in [2.75, 3.05) is 51.9 Å². The number of nitrogens with zero attached hydrogens (tertiary/aromatic N) is 3. The molecule has 0 aliphatic carbocycles. The maximum Gasteiger partial charge on any atom is 0.191 e. The van der Waals surface area contributed by atoms with Gasteiger partial charge in [0.2, 0.25) is 0 Å². The highest BCUT2D eigenvalue weighted by Crippen LogP contribution is 2.31. The minimum atomic E-state index is -0.000297. The van der Waals surface area contributed by atoms with Crippen molar-refractivity contribution >= 4 is 35.8 Å². The fourth-order valence-corrected chi connectivity index (χ4v) is 2.90. The largest absolute Gasteiger partial charge is 0.396 e. The highest BCUT2D eigenvalue weighted by Gasteiger charge is 2.34. The number of hydrogen-bond acceptors (Lipinski definition) is 5. The van der Waals surface area contributed by atoms with E-state index in [1.54, 1.807) is 0 Å². The second-order valence-corrected chi connectivity index (χ2v) is 6.74. The zero-order valence-electron chi connectivity index (χ0n) is 16.0. The number of aliphatic hydroxyl groups is 1. The molecular formula is C18H32IN5O2. The normalized spacial score (nSPS) is 19.8. The Balaban J connectivity index is 0.00000338. The van der Waals surface area contributed by atoms with Crippen molar-refractivity contribution in [2.45, 2.75) is 26.3 Å². The van der Waals surface area contributed by atoms with Crippen molar-refractivity contribution in [1.29, 1.82) is 0 Å². The lowest BCUT2D eigenvalue weighted by molar-refractivity contribution is 0.127. The Kier molecular flexibility index (Phi) is 10.2. The van der Waals surface area contributed by atoms with Gasteiger partial charge in [-0.15, -0.1) is 24.0 Å². The number of aliphatic hydroxyl groups excluding tert-OH is 1. The number of aromatic nitrogens is 1. The van der Waals surface area contributed by atoms with Crippen LogP contribution in [0.2, 0.25) is 0 Å². The number of halogens is 1. The van der Waals surface area contributed by atoms with Crippen LogP contribution in [0.4, 0.5) is 5.82 Å². The number of anilines is 1. The minimum Gasteiger partial charge on any atom is -0.396 e. The number of rotatable bonds is 8. The van der Waals surface area contributed by atoms with Crippen LogP contribution in [0.1, 0.15) is 25.3 Å². The summed E-state index contributed by atoms with van der Waals surface area (Å²) in [5.41, 5.74) is 1.12. The lowest BCUT2D eigenvalue weighted by Gasteiger charge is -2.27. The molecule has 1 atom stereocenters. The van der Waals surface area contributed by atoms with Crippen LogP contribution in [0, 0.1) is 5.41 Å². The fourth-order valence-electron chi connectivity index (χ4n) is 2.90. The van der Waals surface area contributed by atoms with Gasteiger partial charge in [0.05, 0.1) is 13.2 Å². The average Bonchev–Trinajstić information content (AvgIpc) is 3.07. The molecule has 1 aromatic heterocycles. The van der Waals surface area contributed by atoms with Crippen LogP contribution in [0.25, 0.3) is 0 Å². The number of hydrogen-bond donors (Lipinski definition) is 3. The van der Waals surface area contributed by atoms with Crippen molar-refractivity contribution in [3.63, 3.8) is 0 Å². The van der Waals surface area contributed by atoms with Gasteiger partial charge in [0.25, 0.3) is 0 Å². The summed E-state index contributed by atoms with van der Waals surface area (Å²) in [5.74, 6) is 1.71. The van der Waals surface area contributed by atoms with Crippen molar-refractivity contribution in [1.82, 2.24) is 15.6 Å². The van der Waals surface area contributed by atoms with E-state index in [-0.39, 0.29) is 36.0 Å². The van der Waals surface area contributed by atoms with Gasteiger partial charge in [0.15, 0.2) is 5.96 Å². The molecule has 0 saturated carbocycles. The molecule has 3 N–H and O–H groups in total. The summed E-state index contributed by atoms with van der Waals surface area (Å²) in [7, 11) is 3.95. The molecule has 8 heteroatoms. The summed E-state index contributed by atoms with van der Waals surface area (Å²) in [5, 5.41) is 16.0. The van der Waals surface area contributed by atoms with Gasteiger partial charge in [-0.2, -0.15) is 0 Å². The number of nitrogens with one attached hydrogen (secondary N) is 2. The molecule has 0 bridgehead atoms. The first kappa shape index (κ1) is 22.9. The van der Waals surface area contributed by atoms with Gasteiger partial charge in [0.1, 0.15) is 5.82 Å². The number of guanidine groups is 1. The monoisotopic (exact) mass is 477 g/mol. The maximum absolute atomic E-state index is 9.34. The van der Waals surface area contributed by atoms with E-state index in [4.69, 9.17) is 4.74 Å². The SMILES string of the molecule is CCNC(=NCc1ccnc(N(C)C)c1)NCC1(CCO)CCOC1.I. The fraction of sp³-hybridized carbons (Fsp3) is 0.667. The Morgan fingerprint density at radius 3 is 2.85 bits per heavy atom. The Bertz CT molecular complexity index is 562. The Morgan fingerprint density at radius 1 is 1.42 bits per heavy atom. The Morgan fingerprint density at radius 2 is 2.23 bits per heavy atom. The first-order valence-corrected chi connectivity index (χ1v) is 8.91. The van der Waals surface area contributed by atoms with E-state index < -0.39 is 0 Å². The molecule has 7 nitrogen and oxygen atoms in total. The van der Waals surface area contributed by atoms with Crippen LogP contribution in [0.3, 0.4) is 0 Å². The summed E-state index contributed by atoms with van der Waals surface area (Å²) in [6.45, 7) is 5.82. The Hall–Kier alpha value is -1.13. The standard InChI is InChI=1S/C18H31N5O2.HI/c1-4-19-17(22-13-18(6-9-24)7-10-25-14-18)21-12-15-5-8-20-16(11-15)23(2)3;/h5,8,11,24H,4,6-7,9-10,12-14H2,1-3H3,(H2,19,21,22);1H. The van der Waals surface area contributed by atoms with Gasteiger partial charge in [-0.25, -0.2) is 9.98 Å². The topological polar surface area (TPSA) is 82.0 Å². The molecule has 1 saturated heterocycles. The minimum absolute atomic E-state index is 0. The van der Waals surface area contributed by atoms with Crippen LogP contribution in [0.5, 0.6) is 0 Å². The number of pyridine rings is 1. The molecule has 1 aliphatic heterocycles. The molecule has 148 valence electrons. The molecule has 2 heterocycles. The van der Waals surface area contributed by atoms with Gasteiger partial charge in [-0.3, -0.25) is 0 Å². The lowest BCUT2D eigenvalue weighted by atomic mass is 9.84. The summed E-state index contributed by atoms with van der Waals surface area (Å²) in [6.07, 6.45) is 3.53. The molecular weight excluding hydrogens is 445 g/mol. The van der Waals surface area contributed by atoms with Crippen molar-refractivity contribution in [3.05, 3.63) is 23.9 Å². The van der Waals surface area contributed by atoms with Crippen LogP contribution < -0.4 is 15.5 Å². The summed E-state index contributed by atoms with van der Waals surface area (Å²) in [6, 6.07) is 4.03. The van der Waals surface area contributed by atoms with Crippen LogP contribution in [-0.4, -0.2) is 63.1 Å². The van der Waals surface area contributed by atoms with E-state index >= 15 is 0 Å². The van der Waals surface area contributed by atoms with Crippen molar-refractivity contribution in [2.24, 2.45) is 10.4 Å². The van der Waals surface area contributed by atoms with Crippen molar-refractivity contribution in [3.8, 4) is 0 Å². The summed E-state index contributed by atoms with van der Waals surface area (Å²) < 4.78 is 5.55. The summed E-state index contributed by atoms with van der Waals surface area (Å²) in [4.78, 5) is 11.0. The van der Waals surface area contributed by atoms with E-state index in [1.807, 2.05) is 37.3 Å². The van der Waals surface area contributed by atoms with Gasteiger partial charge in [-0.1, -0.05) is 0 Å². The molecule has 1 aliphatic rings. The third-order valence-corrected chi connectivity index (χ3v) is 4.49. The number of ether oxygens (including phenoxy) is 1. The van der Waals surface area contributed by atoms with Gasteiger partial charge >= 0.3 is 0 Å². The summed E-state index contributed by atoms with van der Waals surface area (Å²) >= 11 is 0. The molecule has 0 spiro atoms. The third-order valence-electron chi connectivity index (χ3n) is 4.49. The highest BCUT2D eigenvalue weighted by molar-refractivity contribution is 14.0. The predicted octanol–water partition coefficient (Wildman–Crippen LogP) is 1.61. The van der Waals surface area contributed by atoms with Crippen LogP contribution in [-0.2, 0) is 11.3 Å².